The molecular formula is C12H9F2IN3P. The first-order valence-electron chi connectivity index (χ1n) is 5.25. The average molecular weight is 391 g/mol. The van der Waals surface area contributed by atoms with Crippen LogP contribution in [0.15, 0.2) is 30.3 Å². The van der Waals surface area contributed by atoms with E-state index in [9.17, 15) is 8.78 Å². The highest BCUT2D eigenvalue weighted by molar-refractivity contribution is 14.2. The van der Waals surface area contributed by atoms with Gasteiger partial charge in [0.2, 0.25) is 0 Å². The second kappa shape index (κ2) is 6.34. The van der Waals surface area contributed by atoms with Crippen LogP contribution in [-0.4, -0.2) is 11.2 Å². The van der Waals surface area contributed by atoms with Gasteiger partial charge < -0.3 is 10.5 Å². The molecule has 0 fully saturated rings. The molecular weight excluding hydrogens is 382 g/mol. The molecule has 1 atom stereocenters. The molecule has 0 spiro atoms. The quantitative estimate of drug-likeness (QED) is 0.462. The van der Waals surface area contributed by atoms with E-state index in [0.29, 0.717) is 17.8 Å². The topological polar surface area (TPSA) is 48.8 Å². The largest absolute Gasteiger partial charge is 0.343 e. The van der Waals surface area contributed by atoms with Crippen molar-refractivity contribution in [3.05, 3.63) is 47.5 Å². The van der Waals surface area contributed by atoms with Crippen LogP contribution in [0.2, 0.25) is 0 Å². The number of halogens is 3. The first-order chi connectivity index (χ1) is 9.17. The number of nitrogens with zero attached hydrogens (tertiary/aromatic N) is 1. The zero-order valence-electron chi connectivity index (χ0n) is 9.55. The Hall–Kier alpha value is -1.14. The second-order valence-electron chi connectivity index (χ2n) is 3.59. The molecule has 7 heteroatoms. The van der Waals surface area contributed by atoms with Crippen molar-refractivity contribution in [3.63, 3.8) is 0 Å². The molecule has 0 aliphatic heterocycles. The van der Waals surface area contributed by atoms with Crippen LogP contribution in [0.5, 0.6) is 0 Å². The van der Waals surface area contributed by atoms with E-state index in [1.54, 1.807) is 6.07 Å². The summed E-state index contributed by atoms with van der Waals surface area (Å²) in [5.74, 6) is -0.862. The van der Waals surface area contributed by atoms with Crippen LogP contribution in [0, 0.1) is 17.0 Å². The molecule has 1 aromatic carbocycles. The van der Waals surface area contributed by atoms with Gasteiger partial charge in [-0.3, -0.25) is 0 Å². The van der Waals surface area contributed by atoms with Crippen LogP contribution in [0.25, 0.3) is 11.3 Å². The molecule has 0 aliphatic carbocycles. The van der Waals surface area contributed by atoms with Crippen molar-refractivity contribution >= 4 is 40.4 Å². The van der Waals surface area contributed by atoms with Crippen LogP contribution >= 0.6 is 28.4 Å². The predicted octanol–water partition coefficient (Wildman–Crippen LogP) is 4.38. The predicted molar refractivity (Wildman–Crippen MR) is 83.4 cm³/mol. The summed E-state index contributed by atoms with van der Waals surface area (Å²) in [6.45, 7) is 0. The molecule has 1 aromatic heterocycles. The Kier molecular flexibility index (Phi) is 4.76. The Morgan fingerprint density at radius 2 is 1.89 bits per heavy atom. The van der Waals surface area contributed by atoms with Crippen LogP contribution in [-0.2, 0) is 0 Å². The van der Waals surface area contributed by atoms with Crippen molar-refractivity contribution in [2.75, 3.05) is 5.09 Å². The number of nitrogens with one attached hydrogen (secondary N) is 2. The zero-order chi connectivity index (χ0) is 13.8. The SMILES string of the molecule is N=Cc1ccc(-c2c(F)cccc2F)nc1NPI. The molecule has 2 rings (SSSR count). The molecule has 2 N–H and O–H groups in total. The van der Waals surface area contributed by atoms with E-state index < -0.39 is 11.6 Å². The summed E-state index contributed by atoms with van der Waals surface area (Å²) in [4.78, 5) is 4.18. The molecule has 3 nitrogen and oxygen atoms in total. The van der Waals surface area contributed by atoms with Gasteiger partial charge in [-0.25, -0.2) is 13.8 Å². The van der Waals surface area contributed by atoms with Crippen molar-refractivity contribution in [1.29, 1.82) is 5.41 Å². The van der Waals surface area contributed by atoms with Gasteiger partial charge in [-0.15, -0.1) is 0 Å². The Balaban J connectivity index is 2.57. The highest BCUT2D eigenvalue weighted by Crippen LogP contribution is 2.29. The minimum Gasteiger partial charge on any atom is -0.343 e. The summed E-state index contributed by atoms with van der Waals surface area (Å²) >= 11 is 2.12. The summed E-state index contributed by atoms with van der Waals surface area (Å²) in [5, 5.41) is 10.3. The fraction of sp³-hybridized carbons (Fsp3) is 0. The monoisotopic (exact) mass is 391 g/mol. The minimum absolute atomic E-state index is 0.154. The van der Waals surface area contributed by atoms with E-state index in [1.807, 2.05) is 0 Å². The number of rotatable bonds is 4. The van der Waals surface area contributed by atoms with Crippen molar-refractivity contribution in [2.45, 2.75) is 0 Å². The zero-order valence-corrected chi connectivity index (χ0v) is 12.7. The number of aromatic nitrogens is 1. The van der Waals surface area contributed by atoms with E-state index >= 15 is 0 Å². The van der Waals surface area contributed by atoms with Crippen LogP contribution in [0.3, 0.4) is 0 Å². The minimum atomic E-state index is -0.655. The lowest BCUT2D eigenvalue weighted by Gasteiger charge is -2.09. The van der Waals surface area contributed by atoms with Crippen LogP contribution < -0.4 is 5.09 Å². The Morgan fingerprint density at radius 1 is 1.21 bits per heavy atom. The summed E-state index contributed by atoms with van der Waals surface area (Å²) in [6, 6.07) is 6.81. The second-order valence-corrected chi connectivity index (χ2v) is 5.65. The molecule has 0 radical (unpaired) electrons. The van der Waals surface area contributed by atoms with E-state index in [4.69, 9.17) is 5.41 Å². The molecule has 0 saturated heterocycles. The normalized spacial score (nSPS) is 10.9. The maximum atomic E-state index is 13.7. The summed E-state index contributed by atoms with van der Waals surface area (Å²) in [7, 11) is 0. The lowest BCUT2D eigenvalue weighted by molar-refractivity contribution is 0.589. The fourth-order valence-electron chi connectivity index (χ4n) is 1.61. The van der Waals surface area contributed by atoms with Crippen molar-refractivity contribution in [2.24, 2.45) is 0 Å². The summed E-state index contributed by atoms with van der Waals surface area (Å²) in [6.07, 6.45) is 1.50. The maximum absolute atomic E-state index is 13.7. The third-order valence-electron chi connectivity index (χ3n) is 2.47. The van der Waals surface area contributed by atoms with Gasteiger partial charge in [0.15, 0.2) is 0 Å². The van der Waals surface area contributed by atoms with Gasteiger partial charge in [0.1, 0.15) is 17.5 Å². The molecule has 0 aliphatic rings. The first-order valence-corrected chi connectivity index (χ1v) is 9.36. The van der Waals surface area contributed by atoms with Crippen LogP contribution in [0.1, 0.15) is 5.56 Å². The highest BCUT2D eigenvalue weighted by atomic mass is 127. The van der Waals surface area contributed by atoms with Crippen molar-refractivity contribution < 1.29 is 8.78 Å². The van der Waals surface area contributed by atoms with Gasteiger partial charge in [-0.2, -0.15) is 0 Å². The smallest absolute Gasteiger partial charge is 0.139 e. The van der Waals surface area contributed by atoms with E-state index in [-0.39, 0.29) is 11.3 Å². The Labute approximate surface area is 123 Å². The van der Waals surface area contributed by atoms with Gasteiger partial charge in [0.25, 0.3) is 0 Å². The van der Waals surface area contributed by atoms with Crippen molar-refractivity contribution in [3.8, 4) is 11.3 Å². The molecule has 98 valence electrons. The number of pyridine rings is 1. The van der Waals surface area contributed by atoms with Gasteiger partial charge in [0.05, 0.1) is 11.3 Å². The Morgan fingerprint density at radius 3 is 2.47 bits per heavy atom. The number of anilines is 1. The summed E-state index contributed by atoms with van der Waals surface area (Å²) in [5.41, 5.74) is 0.627. The average Bonchev–Trinajstić information content (AvgIpc) is 2.39. The Bertz CT molecular complexity index is 602. The molecule has 0 saturated carbocycles. The molecule has 0 bridgehead atoms. The highest BCUT2D eigenvalue weighted by Gasteiger charge is 2.13. The summed E-state index contributed by atoms with van der Waals surface area (Å²) < 4.78 is 27.4. The third kappa shape index (κ3) is 3.06. The molecule has 1 unspecified atom stereocenters. The lowest BCUT2D eigenvalue weighted by Crippen LogP contribution is -1.98. The van der Waals surface area contributed by atoms with Crippen LogP contribution in [0.4, 0.5) is 14.6 Å². The van der Waals surface area contributed by atoms with E-state index in [0.717, 1.165) is 6.21 Å². The van der Waals surface area contributed by atoms with Crippen molar-refractivity contribution in [1.82, 2.24) is 4.98 Å². The van der Waals surface area contributed by atoms with Gasteiger partial charge in [0, 0.05) is 18.2 Å². The van der Waals surface area contributed by atoms with Gasteiger partial charge in [-0.05, 0) is 46.3 Å². The van der Waals surface area contributed by atoms with Gasteiger partial charge in [-0.1, -0.05) is 6.07 Å². The standard InChI is InChI=1S/C12H9F2IN3P/c13-8-2-1-3-9(14)11(8)10-5-4-7(6-16)12(17-10)18-19-15/h1-6,16,19H,(H,17,18). The first kappa shape index (κ1) is 14.3. The number of hydrogen-bond acceptors (Lipinski definition) is 3. The maximum Gasteiger partial charge on any atom is 0.139 e. The number of hydrogen-bond donors (Lipinski definition) is 2. The molecule has 1 heterocycles. The molecule has 2 aromatic rings. The number of benzene rings is 1. The molecule has 19 heavy (non-hydrogen) atoms. The lowest BCUT2D eigenvalue weighted by atomic mass is 10.1. The third-order valence-corrected chi connectivity index (χ3v) is 3.61. The van der Waals surface area contributed by atoms with E-state index in [1.165, 1.54) is 24.3 Å². The van der Waals surface area contributed by atoms with Gasteiger partial charge >= 0.3 is 0 Å². The fourth-order valence-corrected chi connectivity index (χ4v) is 2.67. The van der Waals surface area contributed by atoms with E-state index in [2.05, 4.69) is 32.1 Å². The molecule has 0 amide bonds.